The second-order valence-corrected chi connectivity index (χ2v) is 10.8. The Morgan fingerprint density at radius 2 is 1.24 bits per heavy atom. The van der Waals surface area contributed by atoms with Gasteiger partial charge < -0.3 is 38.9 Å². The Hall–Kier alpha value is -4.10. The maximum Gasteiger partial charge on any atom is 0.243 e. The number of nitrogens with two attached hydrogens (primary N) is 4. The van der Waals surface area contributed by atoms with Crippen molar-refractivity contribution in [2.24, 2.45) is 27.9 Å². The molecule has 4 atom stereocenters. The van der Waals surface area contributed by atoms with Crippen molar-refractivity contribution < 1.29 is 19.2 Å². The largest absolute Gasteiger partial charge is 0.370 e. The second kappa shape index (κ2) is 18.4. The van der Waals surface area contributed by atoms with Gasteiger partial charge in [-0.15, -0.1) is 0 Å². The first-order valence-electron chi connectivity index (χ1n) is 13.7. The highest BCUT2D eigenvalue weighted by Gasteiger charge is 2.30. The Kier molecular flexibility index (Phi) is 14.9. The van der Waals surface area contributed by atoms with Gasteiger partial charge in [-0.1, -0.05) is 60.7 Å². The lowest BCUT2D eigenvalue weighted by atomic mass is 10.0. The fourth-order valence-corrected chi connectivity index (χ4v) is 4.60. The molecule has 0 heterocycles. The molecule has 0 spiro atoms. The molecule has 0 saturated carbocycles. The lowest BCUT2D eigenvalue weighted by Crippen LogP contribution is -2.58. The maximum atomic E-state index is 13.4. The zero-order valence-electron chi connectivity index (χ0n) is 23.8. The number of thioether (sulfide) groups is 1. The molecule has 13 heteroatoms. The Labute approximate surface area is 250 Å². The molecule has 2 aromatic rings. The number of aliphatic imine (C=N–C) groups is 1. The molecule has 228 valence electrons. The summed E-state index contributed by atoms with van der Waals surface area (Å²) in [7, 11) is 0. The summed E-state index contributed by atoms with van der Waals surface area (Å²) in [6.45, 7) is 0.228. The van der Waals surface area contributed by atoms with Crippen LogP contribution in [0.15, 0.2) is 65.7 Å². The lowest BCUT2D eigenvalue weighted by Gasteiger charge is -2.25. The number of amides is 4. The molecule has 0 aliphatic carbocycles. The molecule has 0 saturated heterocycles. The third-order valence-corrected chi connectivity index (χ3v) is 7.04. The van der Waals surface area contributed by atoms with Crippen molar-refractivity contribution in [2.45, 2.75) is 56.3 Å². The van der Waals surface area contributed by atoms with Crippen LogP contribution in [-0.2, 0) is 32.0 Å². The Morgan fingerprint density at radius 3 is 1.76 bits per heavy atom. The van der Waals surface area contributed by atoms with Gasteiger partial charge >= 0.3 is 0 Å². The third kappa shape index (κ3) is 12.6. The number of primary amides is 1. The first kappa shape index (κ1) is 34.1. The normalized spacial score (nSPS) is 13.6. The van der Waals surface area contributed by atoms with Gasteiger partial charge in [0.25, 0.3) is 0 Å². The van der Waals surface area contributed by atoms with Crippen LogP contribution in [0.3, 0.4) is 0 Å². The minimum Gasteiger partial charge on any atom is -0.370 e. The number of rotatable bonds is 18. The molecule has 0 aliphatic rings. The van der Waals surface area contributed by atoms with Crippen molar-refractivity contribution in [1.29, 1.82) is 0 Å². The van der Waals surface area contributed by atoms with E-state index in [0.29, 0.717) is 25.0 Å². The molecule has 0 aromatic heterocycles. The molecule has 0 radical (unpaired) electrons. The maximum absolute atomic E-state index is 13.4. The van der Waals surface area contributed by atoms with E-state index in [2.05, 4.69) is 20.9 Å². The first-order chi connectivity index (χ1) is 20.1. The Balaban J connectivity index is 2.15. The predicted molar refractivity (Wildman–Crippen MR) is 166 cm³/mol. The summed E-state index contributed by atoms with van der Waals surface area (Å²) in [4.78, 5) is 55.8. The number of nitrogens with zero attached hydrogens (tertiary/aromatic N) is 1. The standard InChI is InChI=1S/C29H42N8O4S/c1-42-16-14-23(35-26(39)21(30)17-19-9-4-2-5-10-19)28(41)36-22(13-8-15-34-29(32)33)27(40)37-24(25(31)38)18-20-11-6-3-7-12-20/h2-7,9-12,21-24H,8,13-18,30H2,1H3,(H2,31,38)(H,35,39)(H,36,41)(H,37,40)(H4,32,33,34)/t21-,22+,23+,24+/m1/s1. The molecular weight excluding hydrogens is 556 g/mol. The lowest BCUT2D eigenvalue weighted by molar-refractivity contribution is -0.133. The average Bonchev–Trinajstić information content (AvgIpc) is 2.96. The van der Waals surface area contributed by atoms with Gasteiger partial charge in [-0.3, -0.25) is 24.2 Å². The molecule has 12 nitrogen and oxygen atoms in total. The van der Waals surface area contributed by atoms with Crippen LogP contribution in [0.25, 0.3) is 0 Å². The summed E-state index contributed by atoms with van der Waals surface area (Å²) in [5.41, 5.74) is 24.2. The quantitative estimate of drug-likeness (QED) is 0.0674. The van der Waals surface area contributed by atoms with Gasteiger partial charge in [-0.2, -0.15) is 11.8 Å². The van der Waals surface area contributed by atoms with E-state index >= 15 is 0 Å². The van der Waals surface area contributed by atoms with E-state index in [1.807, 2.05) is 66.9 Å². The topological polar surface area (TPSA) is 221 Å². The molecule has 0 bridgehead atoms. The molecule has 0 unspecified atom stereocenters. The SMILES string of the molecule is CSCC[C@H](NC(=O)[C@H](N)Cc1ccccc1)C(=O)N[C@@H](CCCN=C(N)N)C(=O)N[C@@H](Cc1ccccc1)C(N)=O. The third-order valence-electron chi connectivity index (χ3n) is 6.40. The first-order valence-corrected chi connectivity index (χ1v) is 15.1. The highest BCUT2D eigenvalue weighted by atomic mass is 32.2. The van der Waals surface area contributed by atoms with Crippen molar-refractivity contribution in [1.82, 2.24) is 16.0 Å². The van der Waals surface area contributed by atoms with Gasteiger partial charge in [0, 0.05) is 13.0 Å². The van der Waals surface area contributed by atoms with E-state index in [-0.39, 0.29) is 25.3 Å². The van der Waals surface area contributed by atoms with Crippen molar-refractivity contribution >= 4 is 41.4 Å². The Morgan fingerprint density at radius 1 is 0.738 bits per heavy atom. The number of carbonyl (C=O) groups excluding carboxylic acids is 4. The van der Waals surface area contributed by atoms with Crippen LogP contribution in [0.4, 0.5) is 0 Å². The summed E-state index contributed by atoms with van der Waals surface area (Å²) >= 11 is 1.51. The van der Waals surface area contributed by atoms with Crippen molar-refractivity contribution in [3.05, 3.63) is 71.8 Å². The minimum atomic E-state index is -1.05. The summed E-state index contributed by atoms with van der Waals surface area (Å²) < 4.78 is 0. The highest BCUT2D eigenvalue weighted by Crippen LogP contribution is 2.08. The number of nitrogens with one attached hydrogen (secondary N) is 3. The van der Waals surface area contributed by atoms with Crippen molar-refractivity contribution in [3.8, 4) is 0 Å². The van der Waals surface area contributed by atoms with Gasteiger partial charge in [0.2, 0.25) is 23.6 Å². The van der Waals surface area contributed by atoms with Crippen LogP contribution < -0.4 is 38.9 Å². The smallest absolute Gasteiger partial charge is 0.243 e. The van der Waals surface area contributed by atoms with E-state index in [9.17, 15) is 19.2 Å². The second-order valence-electron chi connectivity index (χ2n) is 9.80. The zero-order valence-corrected chi connectivity index (χ0v) is 24.6. The molecule has 11 N–H and O–H groups in total. The van der Waals surface area contributed by atoms with Gasteiger partial charge in [-0.25, -0.2) is 0 Å². The van der Waals surface area contributed by atoms with E-state index in [0.717, 1.165) is 11.1 Å². The average molecular weight is 599 g/mol. The van der Waals surface area contributed by atoms with Crippen LogP contribution in [0.5, 0.6) is 0 Å². The van der Waals surface area contributed by atoms with Crippen molar-refractivity contribution in [2.75, 3.05) is 18.6 Å². The molecular formula is C29H42N8O4S. The van der Waals surface area contributed by atoms with E-state index in [4.69, 9.17) is 22.9 Å². The van der Waals surface area contributed by atoms with Crippen LogP contribution in [0.1, 0.15) is 30.4 Å². The van der Waals surface area contributed by atoms with Crippen LogP contribution >= 0.6 is 11.8 Å². The fraction of sp³-hybridized carbons (Fsp3) is 0.414. The molecule has 2 aromatic carbocycles. The monoisotopic (exact) mass is 598 g/mol. The van der Waals surface area contributed by atoms with Crippen LogP contribution in [0.2, 0.25) is 0 Å². The van der Waals surface area contributed by atoms with E-state index < -0.39 is 47.8 Å². The summed E-state index contributed by atoms with van der Waals surface area (Å²) in [5.74, 6) is -1.85. The van der Waals surface area contributed by atoms with Crippen LogP contribution in [-0.4, -0.2) is 72.3 Å². The molecule has 42 heavy (non-hydrogen) atoms. The van der Waals surface area contributed by atoms with Gasteiger partial charge in [0.15, 0.2) is 5.96 Å². The molecule has 0 fully saturated rings. The highest BCUT2D eigenvalue weighted by molar-refractivity contribution is 7.98. The summed E-state index contributed by atoms with van der Waals surface area (Å²) in [6.07, 6.45) is 3.21. The number of hydrogen-bond donors (Lipinski definition) is 7. The number of guanidine groups is 1. The summed E-state index contributed by atoms with van der Waals surface area (Å²) in [6, 6.07) is 14.6. The number of benzene rings is 2. The number of hydrogen-bond acceptors (Lipinski definition) is 7. The molecule has 0 aliphatic heterocycles. The van der Waals surface area contributed by atoms with Crippen LogP contribution in [0, 0.1) is 0 Å². The Bertz CT molecular complexity index is 1180. The van der Waals surface area contributed by atoms with Crippen molar-refractivity contribution in [3.63, 3.8) is 0 Å². The minimum absolute atomic E-state index is 0.0941. The number of carbonyl (C=O) groups is 4. The molecule has 4 amide bonds. The van der Waals surface area contributed by atoms with Gasteiger partial charge in [0.05, 0.1) is 6.04 Å². The summed E-state index contributed by atoms with van der Waals surface area (Å²) in [5, 5.41) is 8.14. The van der Waals surface area contributed by atoms with E-state index in [1.165, 1.54) is 11.8 Å². The fourth-order valence-electron chi connectivity index (χ4n) is 4.13. The van der Waals surface area contributed by atoms with Gasteiger partial charge in [-0.05, 0) is 48.8 Å². The van der Waals surface area contributed by atoms with E-state index in [1.54, 1.807) is 0 Å². The van der Waals surface area contributed by atoms with Gasteiger partial charge in [0.1, 0.15) is 18.1 Å². The molecule has 2 rings (SSSR count). The zero-order chi connectivity index (χ0) is 30.9. The predicted octanol–water partition coefficient (Wildman–Crippen LogP) is -0.454.